The van der Waals surface area contributed by atoms with E-state index in [0.29, 0.717) is 25.7 Å². The zero-order valence-electron chi connectivity index (χ0n) is 59.3. The number of carbonyl (C=O) groups is 4. The number of hydrogen-bond acceptors (Lipinski definition) is 15. The van der Waals surface area contributed by atoms with Crippen molar-refractivity contribution in [2.24, 2.45) is 17.8 Å². The first-order chi connectivity index (χ1) is 43.8. The summed E-state index contributed by atoms with van der Waals surface area (Å²) in [5.74, 6) is 0.210. The largest absolute Gasteiger partial charge is 0.472 e. The Bertz CT molecular complexity index is 1790. The highest BCUT2D eigenvalue weighted by molar-refractivity contribution is 7.47. The van der Waals surface area contributed by atoms with Crippen LogP contribution in [-0.2, 0) is 65.4 Å². The van der Waals surface area contributed by atoms with Gasteiger partial charge in [-0.15, -0.1) is 0 Å². The summed E-state index contributed by atoms with van der Waals surface area (Å²) in [5.41, 5.74) is 0. The van der Waals surface area contributed by atoms with E-state index in [1.807, 2.05) is 0 Å². The van der Waals surface area contributed by atoms with Gasteiger partial charge in [0.15, 0.2) is 12.2 Å². The molecular weight excluding hydrogens is 1200 g/mol. The van der Waals surface area contributed by atoms with Crippen LogP contribution in [0.3, 0.4) is 0 Å². The minimum atomic E-state index is -4.95. The molecule has 17 nitrogen and oxygen atoms in total. The van der Waals surface area contributed by atoms with Gasteiger partial charge in [-0.25, -0.2) is 9.13 Å². The third-order valence-electron chi connectivity index (χ3n) is 17.0. The maximum absolute atomic E-state index is 13.0. The smallest absolute Gasteiger partial charge is 0.462 e. The summed E-state index contributed by atoms with van der Waals surface area (Å²) in [4.78, 5) is 72.6. The summed E-state index contributed by atoms with van der Waals surface area (Å²) < 4.78 is 68.3. The summed E-state index contributed by atoms with van der Waals surface area (Å²) in [6.07, 6.45) is 47.1. The van der Waals surface area contributed by atoms with Crippen LogP contribution >= 0.6 is 15.6 Å². The van der Waals surface area contributed by atoms with Gasteiger partial charge in [0.1, 0.15) is 19.3 Å². The van der Waals surface area contributed by atoms with Crippen LogP contribution in [0.1, 0.15) is 363 Å². The third-order valence-corrected chi connectivity index (χ3v) is 18.9. The average molecular weight is 1340 g/mol. The number of unbranched alkanes of at least 4 members (excludes halogenated alkanes) is 37. The van der Waals surface area contributed by atoms with E-state index >= 15 is 0 Å². The van der Waals surface area contributed by atoms with E-state index in [-0.39, 0.29) is 25.7 Å². The third kappa shape index (κ3) is 65.1. The summed E-state index contributed by atoms with van der Waals surface area (Å²) >= 11 is 0. The number of ether oxygens (including phenoxy) is 4. The van der Waals surface area contributed by atoms with Crippen LogP contribution in [0.25, 0.3) is 0 Å². The summed E-state index contributed by atoms with van der Waals surface area (Å²) in [6, 6.07) is 0. The molecule has 0 aromatic heterocycles. The molecule has 3 N–H and O–H groups in total. The monoisotopic (exact) mass is 1340 g/mol. The Labute approximate surface area is 556 Å². The fourth-order valence-corrected chi connectivity index (χ4v) is 12.4. The van der Waals surface area contributed by atoms with Gasteiger partial charge in [-0.1, -0.05) is 312 Å². The van der Waals surface area contributed by atoms with E-state index in [9.17, 15) is 43.2 Å². The fraction of sp³-hybridized carbons (Fsp3) is 0.944. The molecular formula is C72H140O17P2. The lowest BCUT2D eigenvalue weighted by molar-refractivity contribution is -0.161. The molecule has 0 aliphatic heterocycles. The number of rotatable bonds is 70. The molecule has 0 spiro atoms. The minimum Gasteiger partial charge on any atom is -0.462 e. The van der Waals surface area contributed by atoms with Crippen LogP contribution in [0.4, 0.5) is 0 Å². The number of phosphoric ester groups is 2. The molecule has 0 aromatic carbocycles. The van der Waals surface area contributed by atoms with Crippen molar-refractivity contribution in [2.45, 2.75) is 381 Å². The van der Waals surface area contributed by atoms with Gasteiger partial charge < -0.3 is 33.8 Å². The van der Waals surface area contributed by atoms with Crippen molar-refractivity contribution in [3.8, 4) is 0 Å². The van der Waals surface area contributed by atoms with E-state index in [2.05, 4.69) is 48.5 Å². The Kier molecular flexibility index (Phi) is 61.5. The zero-order chi connectivity index (χ0) is 67.3. The molecule has 0 saturated heterocycles. The SMILES string of the molecule is CCCCCCCCCCC(=O)OC[C@H](COP(=O)(O)OC[C@H](O)COP(=O)(O)OC[C@@H](COC(=O)CCCCCCCCCCCCCC(C)C)OC(=O)CCCCCCCCCCCCCCCCC(C)C)OC(=O)CCCCCCCCCCC(C)CC. The molecule has 0 radical (unpaired) electrons. The normalized spacial score (nSPS) is 14.5. The number of phosphoric acid groups is 2. The minimum absolute atomic E-state index is 0.105. The second-order valence-corrected chi connectivity index (χ2v) is 30.1. The number of carbonyl (C=O) groups excluding carboxylic acids is 4. The van der Waals surface area contributed by atoms with Gasteiger partial charge >= 0.3 is 39.5 Å². The van der Waals surface area contributed by atoms with Crippen molar-refractivity contribution in [1.29, 1.82) is 0 Å². The summed E-state index contributed by atoms with van der Waals surface area (Å²) in [5, 5.41) is 10.6. The fourth-order valence-electron chi connectivity index (χ4n) is 10.9. The van der Waals surface area contributed by atoms with E-state index in [1.165, 1.54) is 167 Å². The lowest BCUT2D eigenvalue weighted by Gasteiger charge is -2.21. The molecule has 0 rings (SSSR count). The van der Waals surface area contributed by atoms with Gasteiger partial charge in [-0.05, 0) is 43.4 Å². The van der Waals surface area contributed by atoms with Crippen molar-refractivity contribution in [1.82, 2.24) is 0 Å². The molecule has 0 heterocycles. The average Bonchev–Trinajstić information content (AvgIpc) is 3.23. The lowest BCUT2D eigenvalue weighted by Crippen LogP contribution is -2.30. The van der Waals surface area contributed by atoms with Gasteiger partial charge in [0.2, 0.25) is 0 Å². The van der Waals surface area contributed by atoms with Gasteiger partial charge in [-0.3, -0.25) is 37.3 Å². The zero-order valence-corrected chi connectivity index (χ0v) is 61.1. The molecule has 3 unspecified atom stereocenters. The van der Waals surface area contributed by atoms with Crippen LogP contribution < -0.4 is 0 Å². The second kappa shape index (κ2) is 62.8. The molecule has 0 aliphatic carbocycles. The van der Waals surface area contributed by atoms with Crippen LogP contribution in [-0.4, -0.2) is 96.7 Å². The summed E-state index contributed by atoms with van der Waals surface area (Å²) in [6.45, 7) is 11.9. The highest BCUT2D eigenvalue weighted by Gasteiger charge is 2.30. The molecule has 540 valence electrons. The van der Waals surface area contributed by atoms with E-state index < -0.39 is 97.5 Å². The Balaban J connectivity index is 5.23. The van der Waals surface area contributed by atoms with Gasteiger partial charge in [0.25, 0.3) is 0 Å². The number of hydrogen-bond donors (Lipinski definition) is 3. The van der Waals surface area contributed by atoms with Crippen molar-refractivity contribution in [3.05, 3.63) is 0 Å². The maximum Gasteiger partial charge on any atom is 0.472 e. The van der Waals surface area contributed by atoms with Crippen molar-refractivity contribution in [3.63, 3.8) is 0 Å². The first kappa shape index (κ1) is 89.1. The number of esters is 4. The topological polar surface area (TPSA) is 237 Å². The lowest BCUT2D eigenvalue weighted by atomic mass is 9.99. The Hall–Kier alpha value is -1.94. The van der Waals surface area contributed by atoms with Gasteiger partial charge in [-0.2, -0.15) is 0 Å². The van der Waals surface area contributed by atoms with Gasteiger partial charge in [0, 0.05) is 25.7 Å². The molecule has 19 heteroatoms. The van der Waals surface area contributed by atoms with Crippen molar-refractivity contribution in [2.75, 3.05) is 39.6 Å². The van der Waals surface area contributed by atoms with Gasteiger partial charge in [0.05, 0.1) is 26.4 Å². The highest BCUT2D eigenvalue weighted by Crippen LogP contribution is 2.45. The standard InChI is InChI=1S/C72H140O17P2/c1-8-10-11-12-13-32-39-46-53-69(74)82-59-67(89-72(77)56-49-42-35-28-27-31-38-45-52-65(7)9-2)61-86-90(78,79)84-57-66(73)58-85-91(80,81)87-62-68(60-83-70(75)54-47-40-33-25-22-18-20-24-30-37-44-51-64(5)6)88-71(76)55-48-41-34-26-21-17-15-14-16-19-23-29-36-43-50-63(3)4/h63-68,73H,8-62H2,1-7H3,(H,78,79)(H,80,81)/t65?,66-,67+,68+/m0/s1. The molecule has 91 heavy (non-hydrogen) atoms. The molecule has 0 aromatic rings. The summed E-state index contributed by atoms with van der Waals surface area (Å²) in [7, 11) is -9.90. The molecule has 0 saturated carbocycles. The Morgan fingerprint density at radius 2 is 0.560 bits per heavy atom. The molecule has 0 amide bonds. The molecule has 0 bridgehead atoms. The van der Waals surface area contributed by atoms with Crippen LogP contribution in [0.5, 0.6) is 0 Å². The quantitative estimate of drug-likeness (QED) is 0.0222. The van der Waals surface area contributed by atoms with Crippen LogP contribution in [0, 0.1) is 17.8 Å². The van der Waals surface area contributed by atoms with E-state index in [1.54, 1.807) is 0 Å². The second-order valence-electron chi connectivity index (χ2n) is 27.2. The highest BCUT2D eigenvalue weighted by atomic mass is 31.2. The van der Waals surface area contributed by atoms with Crippen LogP contribution in [0.2, 0.25) is 0 Å². The molecule has 0 fully saturated rings. The van der Waals surface area contributed by atoms with E-state index in [0.717, 1.165) is 114 Å². The van der Waals surface area contributed by atoms with Crippen molar-refractivity contribution >= 4 is 39.5 Å². The Morgan fingerprint density at radius 1 is 0.319 bits per heavy atom. The maximum atomic E-state index is 13.0. The van der Waals surface area contributed by atoms with E-state index in [4.69, 9.17) is 37.0 Å². The predicted octanol–water partition coefficient (Wildman–Crippen LogP) is 20.6. The first-order valence-electron chi connectivity index (χ1n) is 37.4. The van der Waals surface area contributed by atoms with Crippen molar-refractivity contribution < 1.29 is 80.2 Å². The number of aliphatic hydroxyl groups is 1. The first-order valence-corrected chi connectivity index (χ1v) is 40.4. The van der Waals surface area contributed by atoms with Crippen LogP contribution in [0.15, 0.2) is 0 Å². The Morgan fingerprint density at radius 3 is 0.835 bits per heavy atom. The molecule has 0 aliphatic rings. The predicted molar refractivity (Wildman–Crippen MR) is 368 cm³/mol. The molecule has 6 atom stereocenters. The number of aliphatic hydroxyl groups excluding tert-OH is 1.